The Morgan fingerprint density at radius 3 is 1.82 bits per heavy atom. The van der Waals surface area contributed by atoms with Crippen LogP contribution in [0.4, 0.5) is 4.39 Å². The number of halogens is 2. The number of alkyl halides is 1. The molecule has 0 aliphatic heterocycles. The predicted molar refractivity (Wildman–Crippen MR) is 86.1 cm³/mol. The van der Waals surface area contributed by atoms with Crippen LogP contribution in [0.15, 0.2) is 12.1 Å². The molecule has 2 saturated carbocycles. The molecule has 3 nitrogen and oxygen atoms in total. The van der Waals surface area contributed by atoms with E-state index in [4.69, 9.17) is 15.2 Å². The van der Waals surface area contributed by atoms with Crippen molar-refractivity contribution in [1.29, 1.82) is 0 Å². The number of ether oxygens (including phenoxy) is 2. The van der Waals surface area contributed by atoms with Crippen molar-refractivity contribution in [3.63, 3.8) is 0 Å². The van der Waals surface area contributed by atoms with E-state index in [1.807, 2.05) is 0 Å². The highest BCUT2D eigenvalue weighted by molar-refractivity contribution is 5.85. The Morgan fingerprint density at radius 2 is 1.45 bits per heavy atom. The van der Waals surface area contributed by atoms with Gasteiger partial charge in [0.2, 0.25) is 0 Å². The molecular weight excluding hydrogens is 305 g/mol. The van der Waals surface area contributed by atoms with Crippen LogP contribution in [0.1, 0.15) is 55.1 Å². The van der Waals surface area contributed by atoms with Gasteiger partial charge < -0.3 is 15.2 Å². The molecule has 0 radical (unpaired) electrons. The first-order valence-corrected chi connectivity index (χ1v) is 7.69. The molecule has 5 heteroatoms. The van der Waals surface area contributed by atoms with Crippen LogP contribution in [0, 0.1) is 0 Å². The summed E-state index contributed by atoms with van der Waals surface area (Å²) < 4.78 is 26.0. The highest BCUT2D eigenvalue weighted by atomic mass is 35.5. The van der Waals surface area contributed by atoms with Crippen LogP contribution in [-0.4, -0.2) is 25.4 Å². The summed E-state index contributed by atoms with van der Waals surface area (Å²) in [5, 5.41) is 0. The van der Waals surface area contributed by atoms with Crippen LogP contribution >= 0.6 is 12.4 Å². The number of rotatable bonds is 2. The molecule has 5 rings (SSSR count). The molecule has 0 aromatic heterocycles. The van der Waals surface area contributed by atoms with Gasteiger partial charge in [0.15, 0.2) is 11.5 Å². The van der Waals surface area contributed by atoms with Crippen LogP contribution in [0.5, 0.6) is 11.5 Å². The van der Waals surface area contributed by atoms with E-state index in [9.17, 15) is 0 Å². The fraction of sp³-hybridized carbons (Fsp3) is 0.647. The molecule has 2 unspecified atom stereocenters. The summed E-state index contributed by atoms with van der Waals surface area (Å²) in [5.74, 6) is 1.88. The summed E-state index contributed by atoms with van der Waals surface area (Å²) in [6.07, 6.45) is 3.50. The van der Waals surface area contributed by atoms with Crippen LogP contribution in [-0.2, 0) is 0 Å². The van der Waals surface area contributed by atoms with Gasteiger partial charge in [-0.1, -0.05) is 0 Å². The van der Waals surface area contributed by atoms with Crippen molar-refractivity contribution >= 4 is 12.4 Å². The smallest absolute Gasteiger partial charge is 0.161 e. The van der Waals surface area contributed by atoms with Crippen molar-refractivity contribution < 1.29 is 13.9 Å². The lowest BCUT2D eigenvalue weighted by Gasteiger charge is -2.49. The van der Waals surface area contributed by atoms with Gasteiger partial charge in [-0.25, -0.2) is 4.39 Å². The second-order valence-electron chi connectivity index (χ2n) is 7.24. The topological polar surface area (TPSA) is 44.5 Å². The minimum Gasteiger partial charge on any atom is -0.493 e. The summed E-state index contributed by atoms with van der Waals surface area (Å²) in [7, 11) is 3.29. The lowest BCUT2D eigenvalue weighted by Crippen LogP contribution is -2.55. The van der Waals surface area contributed by atoms with Gasteiger partial charge in [-0.15, -0.1) is 12.4 Å². The summed E-state index contributed by atoms with van der Waals surface area (Å²) in [5.41, 5.74) is 7.53. The van der Waals surface area contributed by atoms with Gasteiger partial charge in [-0.3, -0.25) is 0 Å². The molecule has 0 amide bonds. The first-order valence-electron chi connectivity index (χ1n) is 7.69. The number of nitrogens with two attached hydrogens (primary N) is 1. The first kappa shape index (κ1) is 15.9. The predicted octanol–water partition coefficient (Wildman–Crippen LogP) is 3.69. The van der Waals surface area contributed by atoms with Gasteiger partial charge in [-0.05, 0) is 67.2 Å². The molecular formula is C17H23ClFNO2. The van der Waals surface area contributed by atoms with E-state index in [1.165, 1.54) is 11.1 Å². The SMILES string of the molecule is COc1cc2c(cc1OC)C1CC3(N)CC2CC(F)(C1)C3.Cl. The van der Waals surface area contributed by atoms with E-state index in [1.54, 1.807) is 14.2 Å². The van der Waals surface area contributed by atoms with Crippen LogP contribution in [0.2, 0.25) is 0 Å². The van der Waals surface area contributed by atoms with E-state index >= 15 is 4.39 Å². The van der Waals surface area contributed by atoms with E-state index in [0.717, 1.165) is 24.3 Å². The highest BCUT2D eigenvalue weighted by Gasteiger charge is 2.56. The van der Waals surface area contributed by atoms with Crippen LogP contribution < -0.4 is 15.2 Å². The zero-order chi connectivity index (χ0) is 14.8. The average Bonchev–Trinajstić information content (AvgIpc) is 2.55. The molecule has 0 spiro atoms. The number of methoxy groups -OCH3 is 2. The van der Waals surface area contributed by atoms with Crippen molar-refractivity contribution in [2.24, 2.45) is 5.73 Å². The molecule has 4 aliphatic carbocycles. The number of benzene rings is 1. The summed E-state index contributed by atoms with van der Waals surface area (Å²) >= 11 is 0. The third-order valence-corrected chi connectivity index (χ3v) is 5.67. The summed E-state index contributed by atoms with van der Waals surface area (Å²) in [6.45, 7) is 0. The Bertz CT molecular complexity index is 544. The van der Waals surface area contributed by atoms with Crippen LogP contribution in [0.3, 0.4) is 0 Å². The third kappa shape index (κ3) is 2.19. The van der Waals surface area contributed by atoms with E-state index in [0.29, 0.717) is 19.3 Å². The zero-order valence-electron chi connectivity index (χ0n) is 13.0. The Kier molecular flexibility index (Phi) is 3.61. The fourth-order valence-corrected chi connectivity index (χ4v) is 5.15. The lowest BCUT2D eigenvalue weighted by atomic mass is 9.61. The largest absolute Gasteiger partial charge is 0.493 e. The second-order valence-corrected chi connectivity index (χ2v) is 7.24. The molecule has 22 heavy (non-hydrogen) atoms. The molecule has 2 fully saturated rings. The van der Waals surface area contributed by atoms with Gasteiger partial charge in [0.05, 0.1) is 14.2 Å². The fourth-order valence-electron chi connectivity index (χ4n) is 5.15. The third-order valence-electron chi connectivity index (χ3n) is 5.67. The molecule has 4 aliphatic rings. The van der Waals surface area contributed by atoms with Gasteiger partial charge >= 0.3 is 0 Å². The summed E-state index contributed by atoms with van der Waals surface area (Å²) in [4.78, 5) is 0. The van der Waals surface area contributed by atoms with Crippen molar-refractivity contribution in [3.8, 4) is 11.5 Å². The van der Waals surface area contributed by atoms with Gasteiger partial charge in [0.1, 0.15) is 5.67 Å². The lowest BCUT2D eigenvalue weighted by molar-refractivity contribution is 0.00316. The molecule has 2 atom stereocenters. The van der Waals surface area contributed by atoms with E-state index in [-0.39, 0.29) is 29.8 Å². The van der Waals surface area contributed by atoms with E-state index in [2.05, 4.69) is 12.1 Å². The van der Waals surface area contributed by atoms with Crippen molar-refractivity contribution in [2.75, 3.05) is 14.2 Å². The minimum absolute atomic E-state index is 0. The number of hydrogen-bond donors (Lipinski definition) is 1. The summed E-state index contributed by atoms with van der Waals surface area (Å²) in [6, 6.07) is 4.10. The Hall–Kier alpha value is -1.00. The minimum atomic E-state index is -1.10. The Balaban J connectivity index is 0.00000144. The van der Waals surface area contributed by atoms with Gasteiger partial charge in [-0.2, -0.15) is 0 Å². The van der Waals surface area contributed by atoms with Gasteiger partial charge in [0.25, 0.3) is 0 Å². The van der Waals surface area contributed by atoms with E-state index < -0.39 is 5.67 Å². The zero-order valence-corrected chi connectivity index (χ0v) is 13.8. The molecule has 0 saturated heterocycles. The van der Waals surface area contributed by atoms with Crippen molar-refractivity contribution in [2.45, 2.75) is 55.1 Å². The Labute approximate surface area is 136 Å². The Morgan fingerprint density at radius 1 is 1.00 bits per heavy atom. The maximum Gasteiger partial charge on any atom is 0.161 e. The van der Waals surface area contributed by atoms with Crippen LogP contribution in [0.25, 0.3) is 0 Å². The molecule has 1 aromatic carbocycles. The second kappa shape index (κ2) is 5.00. The molecule has 122 valence electrons. The maximum atomic E-state index is 15.2. The molecule has 4 bridgehead atoms. The number of hydrogen-bond acceptors (Lipinski definition) is 3. The quantitative estimate of drug-likeness (QED) is 0.901. The van der Waals surface area contributed by atoms with Gasteiger partial charge in [0, 0.05) is 5.54 Å². The highest BCUT2D eigenvalue weighted by Crippen LogP contribution is 2.60. The van der Waals surface area contributed by atoms with Crippen molar-refractivity contribution in [3.05, 3.63) is 23.3 Å². The first-order chi connectivity index (χ1) is 9.95. The average molecular weight is 328 g/mol. The molecule has 0 heterocycles. The normalized spacial score (nSPS) is 38.0. The van der Waals surface area contributed by atoms with Crippen molar-refractivity contribution in [1.82, 2.24) is 0 Å². The maximum absolute atomic E-state index is 15.2. The molecule has 2 N–H and O–H groups in total. The monoisotopic (exact) mass is 327 g/mol. The standard InChI is InChI=1S/C17H22FNO2.ClH/c1-20-14-3-12-10-5-16(18)6-11(8-17(19,7-10)9-16)13(12)4-15(14)21-2;/h3-4,10-11H,5-9,19H2,1-2H3;1H. The molecule has 1 aromatic rings.